The molecule has 1 aliphatic heterocycles. The lowest BCUT2D eigenvalue weighted by Crippen LogP contribution is -2.42. The molecule has 1 fully saturated rings. The average Bonchev–Trinajstić information content (AvgIpc) is 3.03. The van der Waals surface area contributed by atoms with Crippen LogP contribution < -0.4 is 10.1 Å². The quantitative estimate of drug-likeness (QED) is 0.250. The van der Waals surface area contributed by atoms with Crippen molar-refractivity contribution < 1.29 is 19.1 Å². The highest BCUT2D eigenvalue weighted by Gasteiger charge is 2.28. The van der Waals surface area contributed by atoms with Gasteiger partial charge in [-0.1, -0.05) is 42.5 Å². The largest absolute Gasteiger partial charge is 0.496 e. The standard InChI is InChI=1S/C35H41N5O4/c1-23(26-15-17-40(18-16-26)35(42)44-22-25-9-7-6-8-10-25)36-34-30-20-28(11-13-31(30)37-24(2)38-34)27-12-14-32(43-5)29(19-27)21-33(41)39(3)4/h6-14,19-20,23,26H,15-18,21-22H2,1-5H3,(H,36,37,38). The maximum Gasteiger partial charge on any atom is 0.410 e. The summed E-state index contributed by atoms with van der Waals surface area (Å²) in [7, 11) is 5.13. The molecule has 2 amide bonds. The third-order valence-electron chi connectivity index (χ3n) is 8.34. The highest BCUT2D eigenvalue weighted by molar-refractivity contribution is 5.93. The summed E-state index contributed by atoms with van der Waals surface area (Å²) < 4.78 is 11.1. The number of amides is 2. The number of fused-ring (bicyclic) bond motifs is 1. The topological polar surface area (TPSA) is 96.9 Å². The molecule has 9 nitrogen and oxygen atoms in total. The number of methoxy groups -OCH3 is 1. The molecule has 1 aliphatic rings. The molecule has 3 aromatic carbocycles. The number of ether oxygens (including phenoxy) is 2. The van der Waals surface area contributed by atoms with Crippen LogP contribution in [0.15, 0.2) is 66.7 Å². The van der Waals surface area contributed by atoms with E-state index < -0.39 is 0 Å². The molecule has 0 saturated carbocycles. The maximum atomic E-state index is 12.7. The lowest BCUT2D eigenvalue weighted by molar-refractivity contribution is -0.127. The number of rotatable bonds is 9. The Morgan fingerprint density at radius 1 is 1.00 bits per heavy atom. The van der Waals surface area contributed by atoms with E-state index in [0.717, 1.165) is 51.8 Å². The van der Waals surface area contributed by atoms with Crippen molar-refractivity contribution in [3.63, 3.8) is 0 Å². The maximum absolute atomic E-state index is 12.7. The zero-order valence-electron chi connectivity index (χ0n) is 26.2. The molecule has 0 spiro atoms. The fourth-order valence-corrected chi connectivity index (χ4v) is 5.68. The molecule has 1 unspecified atom stereocenters. The second kappa shape index (κ2) is 13.8. The summed E-state index contributed by atoms with van der Waals surface area (Å²) in [4.78, 5) is 38.0. The van der Waals surface area contributed by atoms with Gasteiger partial charge in [-0.25, -0.2) is 14.8 Å². The summed E-state index contributed by atoms with van der Waals surface area (Å²) in [6.07, 6.45) is 1.75. The molecule has 0 aliphatic carbocycles. The number of likely N-dealkylation sites (N-methyl/N-ethyl adjacent to an activating group) is 1. The van der Waals surface area contributed by atoms with Crippen LogP contribution in [0.5, 0.6) is 5.75 Å². The molecule has 0 bridgehead atoms. The third kappa shape index (κ3) is 7.27. The highest BCUT2D eigenvalue weighted by Crippen LogP contribution is 2.32. The van der Waals surface area contributed by atoms with Gasteiger partial charge in [-0.15, -0.1) is 0 Å². The Morgan fingerprint density at radius 2 is 1.70 bits per heavy atom. The first-order chi connectivity index (χ1) is 21.2. The van der Waals surface area contributed by atoms with Crippen molar-refractivity contribution in [3.05, 3.63) is 83.7 Å². The molecule has 5 rings (SSSR count). The Bertz CT molecular complexity index is 1620. The van der Waals surface area contributed by atoms with E-state index in [1.165, 1.54) is 0 Å². The summed E-state index contributed by atoms with van der Waals surface area (Å²) in [5, 5.41) is 4.61. The van der Waals surface area contributed by atoms with Gasteiger partial charge in [-0.2, -0.15) is 0 Å². The van der Waals surface area contributed by atoms with E-state index in [0.29, 0.717) is 30.6 Å². The highest BCUT2D eigenvalue weighted by atomic mass is 16.6. The van der Waals surface area contributed by atoms with Crippen molar-refractivity contribution in [3.8, 4) is 16.9 Å². The normalized spacial score (nSPS) is 14.2. The van der Waals surface area contributed by atoms with Gasteiger partial charge in [-0.3, -0.25) is 4.79 Å². The van der Waals surface area contributed by atoms with Gasteiger partial charge >= 0.3 is 6.09 Å². The second-order valence-corrected chi connectivity index (χ2v) is 11.6. The van der Waals surface area contributed by atoms with Crippen LogP contribution in [0.25, 0.3) is 22.0 Å². The lowest BCUT2D eigenvalue weighted by Gasteiger charge is -2.34. The minimum Gasteiger partial charge on any atom is -0.496 e. The molecule has 1 saturated heterocycles. The number of carbonyl (C=O) groups excluding carboxylic acids is 2. The summed E-state index contributed by atoms with van der Waals surface area (Å²) >= 11 is 0. The second-order valence-electron chi connectivity index (χ2n) is 11.6. The van der Waals surface area contributed by atoms with Crippen LogP contribution in [0.2, 0.25) is 0 Å². The van der Waals surface area contributed by atoms with E-state index in [1.807, 2.05) is 67.6 Å². The van der Waals surface area contributed by atoms with Crippen molar-refractivity contribution in [1.82, 2.24) is 19.8 Å². The lowest BCUT2D eigenvalue weighted by atomic mass is 9.90. The van der Waals surface area contributed by atoms with E-state index in [-0.39, 0.29) is 31.1 Å². The zero-order chi connectivity index (χ0) is 31.2. The number of benzene rings is 3. The molecule has 44 heavy (non-hydrogen) atoms. The van der Waals surface area contributed by atoms with Crippen molar-refractivity contribution in [2.24, 2.45) is 5.92 Å². The van der Waals surface area contributed by atoms with Gasteiger partial charge in [0.05, 0.1) is 19.0 Å². The molecule has 0 radical (unpaired) electrons. The average molecular weight is 596 g/mol. The van der Waals surface area contributed by atoms with Gasteiger partial charge in [0.1, 0.15) is 24.0 Å². The van der Waals surface area contributed by atoms with Crippen molar-refractivity contribution in [1.29, 1.82) is 0 Å². The number of nitrogens with one attached hydrogen (secondary N) is 1. The number of carbonyl (C=O) groups is 2. The Hall–Kier alpha value is -4.66. The van der Waals surface area contributed by atoms with E-state index in [4.69, 9.17) is 14.5 Å². The number of nitrogens with zero attached hydrogens (tertiary/aromatic N) is 4. The number of aromatic nitrogens is 2. The van der Waals surface area contributed by atoms with Crippen LogP contribution in [0.1, 0.15) is 36.7 Å². The minimum absolute atomic E-state index is 0.0122. The van der Waals surface area contributed by atoms with Crippen LogP contribution in [0, 0.1) is 12.8 Å². The zero-order valence-corrected chi connectivity index (χ0v) is 26.2. The summed E-state index contributed by atoms with van der Waals surface area (Å²) in [5.41, 5.74) is 4.68. The monoisotopic (exact) mass is 595 g/mol. The molecule has 1 aromatic heterocycles. The first-order valence-electron chi connectivity index (χ1n) is 15.1. The van der Waals surface area contributed by atoms with Gasteiger partial charge < -0.3 is 24.6 Å². The van der Waals surface area contributed by atoms with Crippen molar-refractivity contribution in [2.45, 2.75) is 45.8 Å². The number of hydrogen-bond donors (Lipinski definition) is 1. The molecule has 1 N–H and O–H groups in total. The first-order valence-corrected chi connectivity index (χ1v) is 15.1. The molecule has 4 aromatic rings. The van der Waals surface area contributed by atoms with Gasteiger partial charge in [0.15, 0.2) is 0 Å². The molecule has 2 heterocycles. The van der Waals surface area contributed by atoms with Crippen LogP contribution in [-0.2, 0) is 22.6 Å². The van der Waals surface area contributed by atoms with E-state index in [1.54, 1.807) is 31.0 Å². The number of likely N-dealkylation sites (tertiary alicyclic amines) is 1. The number of anilines is 1. The van der Waals surface area contributed by atoms with Crippen molar-refractivity contribution in [2.75, 3.05) is 39.6 Å². The summed E-state index contributed by atoms with van der Waals surface area (Å²) in [6.45, 7) is 5.69. The molecule has 230 valence electrons. The SMILES string of the molecule is COc1ccc(-c2ccc3nc(C)nc(NC(C)C4CCN(C(=O)OCc5ccccc5)CC4)c3c2)cc1CC(=O)N(C)C. The van der Waals surface area contributed by atoms with Crippen LogP contribution >= 0.6 is 0 Å². The van der Waals surface area contributed by atoms with E-state index in [9.17, 15) is 9.59 Å². The van der Waals surface area contributed by atoms with Crippen LogP contribution in [-0.4, -0.2) is 72.1 Å². The summed E-state index contributed by atoms with van der Waals surface area (Å²) in [6, 6.07) is 22.0. The smallest absolute Gasteiger partial charge is 0.410 e. The first kappa shape index (κ1) is 30.8. The van der Waals surface area contributed by atoms with Gasteiger partial charge in [0, 0.05) is 44.2 Å². The van der Waals surface area contributed by atoms with Crippen LogP contribution in [0.3, 0.4) is 0 Å². The van der Waals surface area contributed by atoms with Crippen LogP contribution in [0.4, 0.5) is 10.6 Å². The predicted molar refractivity (Wildman–Crippen MR) is 173 cm³/mol. The molecular formula is C35H41N5O4. The van der Waals surface area contributed by atoms with Gasteiger partial charge in [-0.05, 0) is 73.6 Å². The van der Waals surface area contributed by atoms with Crippen molar-refractivity contribution >= 4 is 28.7 Å². The number of aryl methyl sites for hydroxylation is 1. The van der Waals surface area contributed by atoms with E-state index >= 15 is 0 Å². The Kier molecular flexibility index (Phi) is 9.62. The fraction of sp³-hybridized carbons (Fsp3) is 0.371. The Morgan fingerprint density at radius 3 is 2.41 bits per heavy atom. The number of hydrogen-bond acceptors (Lipinski definition) is 7. The van der Waals surface area contributed by atoms with Gasteiger partial charge in [0.25, 0.3) is 0 Å². The van der Waals surface area contributed by atoms with Gasteiger partial charge in [0.2, 0.25) is 5.91 Å². The fourth-order valence-electron chi connectivity index (χ4n) is 5.68. The van der Waals surface area contributed by atoms with E-state index in [2.05, 4.69) is 23.3 Å². The Labute approximate surface area is 259 Å². The summed E-state index contributed by atoms with van der Waals surface area (Å²) in [5.74, 6) is 2.57. The predicted octanol–water partition coefficient (Wildman–Crippen LogP) is 6.09. The third-order valence-corrected chi connectivity index (χ3v) is 8.34. The minimum atomic E-state index is -0.259. The molecule has 1 atom stereocenters. The Balaban J connectivity index is 1.29. The molecule has 9 heteroatoms. The number of piperidine rings is 1. The molecular weight excluding hydrogens is 554 g/mol.